The standard InChI is InChI=1S/C14H16O2/c1-3-16-13-6-4-11(5-7-13)12-8-10(2)14(15)9-12/h4-7,12H,2-3,8-9H2,1H3. The van der Waals surface area contributed by atoms with Crippen LogP contribution in [0.4, 0.5) is 0 Å². The Hall–Kier alpha value is -1.57. The van der Waals surface area contributed by atoms with Gasteiger partial charge in [0.25, 0.3) is 0 Å². The Morgan fingerprint density at radius 3 is 2.50 bits per heavy atom. The van der Waals surface area contributed by atoms with E-state index in [-0.39, 0.29) is 5.78 Å². The maximum Gasteiger partial charge on any atom is 0.158 e. The average Bonchev–Trinajstić information content (AvgIpc) is 2.61. The lowest BCUT2D eigenvalue weighted by Gasteiger charge is -2.09. The van der Waals surface area contributed by atoms with Crippen LogP contribution in [0.25, 0.3) is 0 Å². The number of hydrogen-bond donors (Lipinski definition) is 0. The van der Waals surface area contributed by atoms with Gasteiger partial charge in [-0.3, -0.25) is 4.79 Å². The van der Waals surface area contributed by atoms with E-state index in [2.05, 4.69) is 6.58 Å². The van der Waals surface area contributed by atoms with Gasteiger partial charge in [-0.25, -0.2) is 0 Å². The van der Waals surface area contributed by atoms with Crippen LogP contribution in [0.5, 0.6) is 5.75 Å². The average molecular weight is 216 g/mol. The molecule has 1 aliphatic carbocycles. The smallest absolute Gasteiger partial charge is 0.158 e. The Balaban J connectivity index is 2.10. The van der Waals surface area contributed by atoms with Crippen molar-refractivity contribution in [2.75, 3.05) is 6.61 Å². The molecule has 0 saturated heterocycles. The van der Waals surface area contributed by atoms with Crippen molar-refractivity contribution in [2.24, 2.45) is 0 Å². The molecule has 1 aromatic carbocycles. The van der Waals surface area contributed by atoms with Crippen LogP contribution in [-0.2, 0) is 4.79 Å². The molecule has 16 heavy (non-hydrogen) atoms. The number of benzene rings is 1. The summed E-state index contributed by atoms with van der Waals surface area (Å²) in [5, 5.41) is 0. The Bertz CT molecular complexity index is 387. The molecule has 0 amide bonds. The van der Waals surface area contributed by atoms with Gasteiger partial charge in [0, 0.05) is 6.42 Å². The van der Waals surface area contributed by atoms with Crippen molar-refractivity contribution in [3.8, 4) is 5.75 Å². The number of hydrogen-bond acceptors (Lipinski definition) is 2. The van der Waals surface area contributed by atoms with E-state index in [1.165, 1.54) is 5.56 Å². The fourth-order valence-corrected chi connectivity index (χ4v) is 2.09. The van der Waals surface area contributed by atoms with Crippen molar-refractivity contribution >= 4 is 5.78 Å². The highest BCUT2D eigenvalue weighted by Crippen LogP contribution is 2.35. The van der Waals surface area contributed by atoms with Crippen molar-refractivity contribution in [1.82, 2.24) is 0 Å². The highest BCUT2D eigenvalue weighted by molar-refractivity contribution is 5.97. The first-order valence-electron chi connectivity index (χ1n) is 5.64. The summed E-state index contributed by atoms with van der Waals surface area (Å²) in [5.41, 5.74) is 1.97. The van der Waals surface area contributed by atoms with E-state index in [1.54, 1.807) is 0 Å². The number of allylic oxidation sites excluding steroid dienone is 1. The summed E-state index contributed by atoms with van der Waals surface area (Å²) < 4.78 is 5.38. The fraction of sp³-hybridized carbons (Fsp3) is 0.357. The van der Waals surface area contributed by atoms with E-state index >= 15 is 0 Å². The second kappa shape index (κ2) is 4.52. The third kappa shape index (κ3) is 2.16. The largest absolute Gasteiger partial charge is 0.494 e. The minimum Gasteiger partial charge on any atom is -0.494 e. The molecule has 0 spiro atoms. The summed E-state index contributed by atoms with van der Waals surface area (Å²) in [4.78, 5) is 11.4. The van der Waals surface area contributed by atoms with Gasteiger partial charge in [-0.15, -0.1) is 0 Å². The summed E-state index contributed by atoms with van der Waals surface area (Å²) in [7, 11) is 0. The van der Waals surface area contributed by atoms with Gasteiger partial charge in [0.2, 0.25) is 0 Å². The topological polar surface area (TPSA) is 26.3 Å². The van der Waals surface area contributed by atoms with Gasteiger partial charge in [0.1, 0.15) is 5.75 Å². The highest BCUT2D eigenvalue weighted by atomic mass is 16.5. The predicted molar refractivity (Wildman–Crippen MR) is 63.7 cm³/mol. The van der Waals surface area contributed by atoms with Crippen molar-refractivity contribution in [3.63, 3.8) is 0 Å². The molecule has 2 nitrogen and oxygen atoms in total. The van der Waals surface area contributed by atoms with Gasteiger partial charge in [-0.1, -0.05) is 18.7 Å². The van der Waals surface area contributed by atoms with Gasteiger partial charge in [0.05, 0.1) is 6.61 Å². The number of carbonyl (C=O) groups is 1. The zero-order chi connectivity index (χ0) is 11.5. The Morgan fingerprint density at radius 1 is 1.31 bits per heavy atom. The first kappa shape index (κ1) is 10.9. The summed E-state index contributed by atoms with van der Waals surface area (Å²) in [6.07, 6.45) is 1.40. The molecule has 0 aromatic heterocycles. The second-order valence-electron chi connectivity index (χ2n) is 4.13. The monoisotopic (exact) mass is 216 g/mol. The quantitative estimate of drug-likeness (QED) is 0.726. The van der Waals surface area contributed by atoms with Crippen LogP contribution in [0, 0.1) is 0 Å². The van der Waals surface area contributed by atoms with E-state index in [0.29, 0.717) is 18.9 Å². The van der Waals surface area contributed by atoms with Crippen molar-refractivity contribution in [1.29, 1.82) is 0 Å². The molecule has 1 atom stereocenters. The molecular formula is C14H16O2. The van der Waals surface area contributed by atoms with Crippen LogP contribution in [-0.4, -0.2) is 12.4 Å². The maximum absolute atomic E-state index is 11.4. The van der Waals surface area contributed by atoms with Gasteiger partial charge in [-0.05, 0) is 42.5 Å². The number of ketones is 1. The minimum absolute atomic E-state index is 0.207. The molecule has 84 valence electrons. The molecule has 0 heterocycles. The minimum atomic E-state index is 0.207. The van der Waals surface area contributed by atoms with Crippen LogP contribution in [0.1, 0.15) is 31.2 Å². The van der Waals surface area contributed by atoms with Gasteiger partial charge >= 0.3 is 0 Å². The van der Waals surface area contributed by atoms with Gasteiger partial charge in [0.15, 0.2) is 5.78 Å². The van der Waals surface area contributed by atoms with E-state index in [4.69, 9.17) is 4.74 Å². The van der Waals surface area contributed by atoms with Crippen molar-refractivity contribution in [3.05, 3.63) is 42.0 Å². The lowest BCUT2D eigenvalue weighted by atomic mass is 9.97. The van der Waals surface area contributed by atoms with Crippen molar-refractivity contribution < 1.29 is 9.53 Å². The van der Waals surface area contributed by atoms with Crippen LogP contribution in [0.3, 0.4) is 0 Å². The SMILES string of the molecule is C=C1CC(c2ccc(OCC)cc2)CC1=O. The first-order chi connectivity index (χ1) is 7.70. The summed E-state index contributed by atoms with van der Waals surface area (Å²) in [5.74, 6) is 1.41. The van der Waals surface area contributed by atoms with E-state index in [9.17, 15) is 4.79 Å². The highest BCUT2D eigenvalue weighted by Gasteiger charge is 2.26. The van der Waals surface area contributed by atoms with Crippen molar-refractivity contribution in [2.45, 2.75) is 25.7 Å². The van der Waals surface area contributed by atoms with E-state index in [0.717, 1.165) is 17.7 Å². The third-order valence-electron chi connectivity index (χ3n) is 2.98. The fourth-order valence-electron chi connectivity index (χ4n) is 2.09. The van der Waals surface area contributed by atoms with Gasteiger partial charge in [-0.2, -0.15) is 0 Å². The van der Waals surface area contributed by atoms with Crippen LogP contribution < -0.4 is 4.74 Å². The molecule has 0 radical (unpaired) electrons. The molecule has 1 unspecified atom stereocenters. The summed E-state index contributed by atoms with van der Waals surface area (Å²) in [6, 6.07) is 8.01. The molecule has 0 bridgehead atoms. The van der Waals surface area contributed by atoms with Gasteiger partial charge < -0.3 is 4.74 Å². The zero-order valence-electron chi connectivity index (χ0n) is 9.53. The molecule has 1 saturated carbocycles. The van der Waals surface area contributed by atoms with E-state index < -0.39 is 0 Å². The molecule has 0 N–H and O–H groups in total. The molecule has 2 heteroatoms. The number of carbonyl (C=O) groups excluding carboxylic acids is 1. The Labute approximate surface area is 95.9 Å². The number of rotatable bonds is 3. The van der Waals surface area contributed by atoms with Crippen LogP contribution >= 0.6 is 0 Å². The molecule has 0 aliphatic heterocycles. The Morgan fingerprint density at radius 2 is 2.00 bits per heavy atom. The normalized spacial score (nSPS) is 20.2. The molecule has 1 fully saturated rings. The molecule has 2 rings (SSSR count). The first-order valence-corrected chi connectivity index (χ1v) is 5.64. The summed E-state index contributed by atoms with van der Waals surface area (Å²) in [6.45, 7) is 6.43. The Kier molecular flexibility index (Phi) is 3.09. The predicted octanol–water partition coefficient (Wildman–Crippen LogP) is 3.09. The molecular weight excluding hydrogens is 200 g/mol. The van der Waals surface area contributed by atoms with E-state index in [1.807, 2.05) is 31.2 Å². The lowest BCUT2D eigenvalue weighted by molar-refractivity contribution is -0.114. The number of Topliss-reactive ketones (excluding diaryl/α,β-unsaturated/α-hetero) is 1. The maximum atomic E-state index is 11.4. The van der Waals surface area contributed by atoms with Crippen LogP contribution in [0.2, 0.25) is 0 Å². The third-order valence-corrected chi connectivity index (χ3v) is 2.98. The molecule has 1 aliphatic rings. The number of ether oxygens (including phenoxy) is 1. The zero-order valence-corrected chi connectivity index (χ0v) is 9.53. The second-order valence-corrected chi connectivity index (χ2v) is 4.13. The van der Waals surface area contributed by atoms with Crippen LogP contribution in [0.15, 0.2) is 36.4 Å². The lowest BCUT2D eigenvalue weighted by Crippen LogP contribution is -1.95. The molecule has 1 aromatic rings. The summed E-state index contributed by atoms with van der Waals surface area (Å²) >= 11 is 0.